The number of hydrogen-bond acceptors (Lipinski definition) is 8. The molecule has 4 saturated carbocycles. The van der Waals surface area contributed by atoms with E-state index in [0.29, 0.717) is 41.9 Å². The van der Waals surface area contributed by atoms with Gasteiger partial charge in [-0.25, -0.2) is 13.6 Å². The van der Waals surface area contributed by atoms with E-state index in [2.05, 4.69) is 36.3 Å². The Bertz CT molecular complexity index is 1130. The van der Waals surface area contributed by atoms with Crippen molar-refractivity contribution in [1.82, 2.24) is 10.2 Å². The van der Waals surface area contributed by atoms with Crippen LogP contribution in [0.1, 0.15) is 85.0 Å². The van der Waals surface area contributed by atoms with Crippen LogP contribution in [-0.4, -0.2) is 46.9 Å². The highest BCUT2D eigenvalue weighted by Gasteiger charge is 2.62. The maximum atomic E-state index is 12.6. The van der Waals surface area contributed by atoms with Crippen molar-refractivity contribution < 1.29 is 23.4 Å². The first-order valence-electron chi connectivity index (χ1n) is 13.8. The maximum Gasteiger partial charge on any atom is 0.267 e. The number of amides is 1. The molecule has 5 N–H and O–H groups in total. The smallest absolute Gasteiger partial charge is 0.267 e. The summed E-state index contributed by atoms with van der Waals surface area (Å²) in [6, 6.07) is 0. The molecule has 0 aliphatic heterocycles. The average Bonchev–Trinajstić information content (AvgIpc) is 3.43. The van der Waals surface area contributed by atoms with Gasteiger partial charge in [-0.1, -0.05) is 32.1 Å². The third-order valence-electron chi connectivity index (χ3n) is 11.1. The summed E-state index contributed by atoms with van der Waals surface area (Å²) in [6.45, 7) is 7.12. The molecule has 0 bridgehead atoms. The Morgan fingerprint density at radius 3 is 2.51 bits per heavy atom. The lowest BCUT2D eigenvalue weighted by molar-refractivity contribution is -0.174. The maximum absolute atomic E-state index is 12.6. The normalized spacial score (nSPS) is 42.4. The van der Waals surface area contributed by atoms with Crippen LogP contribution in [-0.2, 0) is 14.8 Å². The van der Waals surface area contributed by atoms with Crippen molar-refractivity contribution >= 4 is 32.4 Å². The topological polar surface area (TPSA) is 155 Å². The summed E-state index contributed by atoms with van der Waals surface area (Å²) >= 11 is 0.756. The predicted molar refractivity (Wildman–Crippen MR) is 141 cm³/mol. The molecule has 4 aliphatic carbocycles. The molecule has 1 heterocycles. The van der Waals surface area contributed by atoms with Gasteiger partial charge >= 0.3 is 0 Å². The highest BCUT2D eigenvalue weighted by atomic mass is 32.2. The fourth-order valence-electron chi connectivity index (χ4n) is 9.29. The number of carbonyl (C=O) groups excluding carboxylic acids is 1. The van der Waals surface area contributed by atoms with E-state index in [0.717, 1.165) is 62.7 Å². The Morgan fingerprint density at radius 2 is 1.81 bits per heavy atom. The van der Waals surface area contributed by atoms with Gasteiger partial charge in [0.25, 0.3) is 10.0 Å². The van der Waals surface area contributed by atoms with Crippen molar-refractivity contribution in [2.24, 2.45) is 51.5 Å². The van der Waals surface area contributed by atoms with E-state index in [4.69, 9.17) is 5.14 Å². The van der Waals surface area contributed by atoms with Crippen LogP contribution in [0.25, 0.3) is 0 Å². The minimum Gasteiger partial charge on any atom is -0.393 e. The lowest BCUT2D eigenvalue weighted by atomic mass is 9.43. The molecule has 0 spiro atoms. The van der Waals surface area contributed by atoms with Gasteiger partial charge in [-0.05, 0) is 104 Å². The number of aliphatic hydroxyl groups is 2. The first kappa shape index (κ1) is 27.4. The quantitative estimate of drug-likeness (QED) is 0.392. The number of aromatic nitrogens is 2. The molecule has 10 atom stereocenters. The van der Waals surface area contributed by atoms with E-state index in [1.807, 2.05) is 0 Å². The molecule has 1 aromatic rings. The zero-order valence-corrected chi connectivity index (χ0v) is 23.7. The van der Waals surface area contributed by atoms with E-state index >= 15 is 0 Å². The van der Waals surface area contributed by atoms with Gasteiger partial charge in [0.15, 0.2) is 0 Å². The molecule has 11 heteroatoms. The van der Waals surface area contributed by atoms with Crippen molar-refractivity contribution in [2.75, 3.05) is 5.32 Å². The standard InChI is InChI=1S/C26H42N4O5S2/c1-14(4-7-21(33)28-23-29-30-24(36-23)37(27,34)35)17-5-6-18-22-19(9-11-26(17,18)3)25(2)10-8-16(31)12-15(25)13-20(22)32/h14-20,22,31-32H,4-13H2,1-3H3,(H2,27,34,35)(H,28,29,33)/t14-,15+,16-,17-,18?,19?,20?,22?,25+,26-/m1/s1. The minimum absolute atomic E-state index is 0.140. The Morgan fingerprint density at radius 1 is 1.11 bits per heavy atom. The van der Waals surface area contributed by atoms with E-state index < -0.39 is 10.0 Å². The number of carbonyl (C=O) groups is 1. The highest BCUT2D eigenvalue weighted by molar-refractivity contribution is 7.91. The molecular weight excluding hydrogens is 512 g/mol. The van der Waals surface area contributed by atoms with Crippen LogP contribution >= 0.6 is 11.3 Å². The monoisotopic (exact) mass is 554 g/mol. The van der Waals surface area contributed by atoms with Crippen LogP contribution in [0.4, 0.5) is 5.13 Å². The summed E-state index contributed by atoms with van der Waals surface area (Å²) in [5.74, 6) is 2.45. The van der Waals surface area contributed by atoms with Crippen molar-refractivity contribution in [3.63, 3.8) is 0 Å². The van der Waals surface area contributed by atoms with E-state index in [-0.39, 0.29) is 38.4 Å². The molecule has 208 valence electrons. The van der Waals surface area contributed by atoms with Crippen LogP contribution in [0.15, 0.2) is 4.34 Å². The predicted octanol–water partition coefficient (Wildman–Crippen LogP) is 3.53. The average molecular weight is 555 g/mol. The summed E-state index contributed by atoms with van der Waals surface area (Å²) in [5.41, 5.74) is 0.388. The van der Waals surface area contributed by atoms with Crippen molar-refractivity contribution in [3.8, 4) is 0 Å². The molecule has 4 aliphatic rings. The fraction of sp³-hybridized carbons (Fsp3) is 0.885. The van der Waals surface area contributed by atoms with Gasteiger partial charge in [0.1, 0.15) is 0 Å². The summed E-state index contributed by atoms with van der Waals surface area (Å²) < 4.78 is 22.5. The molecule has 9 nitrogen and oxygen atoms in total. The first-order chi connectivity index (χ1) is 17.3. The lowest BCUT2D eigenvalue weighted by Gasteiger charge is -2.62. The third kappa shape index (κ3) is 4.88. The Hall–Kier alpha value is -1.14. The number of hydrogen-bond donors (Lipinski definition) is 4. The van der Waals surface area contributed by atoms with Crippen LogP contribution in [0, 0.1) is 46.3 Å². The molecule has 5 rings (SSSR count). The zero-order chi connectivity index (χ0) is 26.8. The molecule has 0 radical (unpaired) electrons. The van der Waals surface area contributed by atoms with Crippen molar-refractivity contribution in [3.05, 3.63) is 0 Å². The van der Waals surface area contributed by atoms with Gasteiger partial charge in [0.2, 0.25) is 15.4 Å². The second-order valence-corrected chi connectivity index (χ2v) is 15.6. The van der Waals surface area contributed by atoms with Gasteiger partial charge in [0.05, 0.1) is 12.2 Å². The highest BCUT2D eigenvalue weighted by Crippen LogP contribution is 2.68. The number of primary sulfonamides is 1. The van der Waals surface area contributed by atoms with Gasteiger partial charge in [-0.15, -0.1) is 10.2 Å². The molecule has 4 unspecified atom stereocenters. The molecular formula is C26H42N4O5S2. The largest absolute Gasteiger partial charge is 0.393 e. The SMILES string of the molecule is C[C@H](CCC(=O)Nc1nnc(S(N)(=O)=O)s1)[C@H]1CCC2C3C(O)C[C@@H]4C[C@H](O)CC[C@]4(C)C3CC[C@@]21C. The van der Waals surface area contributed by atoms with Crippen LogP contribution in [0.2, 0.25) is 0 Å². The summed E-state index contributed by atoms with van der Waals surface area (Å²) in [6.07, 6.45) is 8.76. The number of sulfonamides is 1. The lowest BCUT2D eigenvalue weighted by Crippen LogP contribution is -2.58. The van der Waals surface area contributed by atoms with Gasteiger partial charge in [0, 0.05) is 6.42 Å². The number of nitrogens with zero attached hydrogens (tertiary/aromatic N) is 2. The first-order valence-corrected chi connectivity index (χ1v) is 16.2. The molecule has 37 heavy (non-hydrogen) atoms. The third-order valence-corrected chi connectivity index (χ3v) is 13.3. The number of nitrogens with one attached hydrogen (secondary N) is 1. The van der Waals surface area contributed by atoms with Gasteiger partial charge in [-0.2, -0.15) is 0 Å². The van der Waals surface area contributed by atoms with E-state index in [9.17, 15) is 23.4 Å². The van der Waals surface area contributed by atoms with Crippen molar-refractivity contribution in [1.29, 1.82) is 0 Å². The summed E-state index contributed by atoms with van der Waals surface area (Å²) in [4.78, 5) is 12.6. The molecule has 1 aromatic heterocycles. The van der Waals surface area contributed by atoms with E-state index in [1.54, 1.807) is 0 Å². The van der Waals surface area contributed by atoms with Crippen LogP contribution < -0.4 is 10.5 Å². The number of anilines is 1. The van der Waals surface area contributed by atoms with Crippen LogP contribution in [0.3, 0.4) is 0 Å². The molecule has 1 amide bonds. The zero-order valence-electron chi connectivity index (χ0n) is 22.1. The summed E-state index contributed by atoms with van der Waals surface area (Å²) in [5, 5.41) is 36.8. The number of fused-ring (bicyclic) bond motifs is 5. The fourth-order valence-corrected chi connectivity index (χ4v) is 10.6. The Labute approximate surface area is 224 Å². The number of rotatable bonds is 6. The van der Waals surface area contributed by atoms with Crippen molar-refractivity contribution in [2.45, 2.75) is 102 Å². The second kappa shape index (κ2) is 9.80. The number of aliphatic hydroxyl groups excluding tert-OH is 2. The Balaban J connectivity index is 1.22. The van der Waals surface area contributed by atoms with Gasteiger partial charge in [-0.3, -0.25) is 4.79 Å². The molecule has 4 fully saturated rings. The summed E-state index contributed by atoms with van der Waals surface area (Å²) in [7, 11) is -3.93. The minimum atomic E-state index is -3.93. The Kier molecular flexibility index (Phi) is 7.26. The van der Waals surface area contributed by atoms with E-state index in [1.165, 1.54) is 6.42 Å². The second-order valence-electron chi connectivity index (χ2n) is 12.9. The molecule has 0 aromatic carbocycles. The number of nitrogens with two attached hydrogens (primary N) is 1. The molecule has 0 saturated heterocycles. The van der Waals surface area contributed by atoms with Gasteiger partial charge < -0.3 is 15.5 Å². The van der Waals surface area contributed by atoms with Crippen LogP contribution in [0.5, 0.6) is 0 Å².